The van der Waals surface area contributed by atoms with Crippen LogP contribution in [0.25, 0.3) is 6.08 Å². The van der Waals surface area contributed by atoms with E-state index in [-0.39, 0.29) is 11.3 Å². The summed E-state index contributed by atoms with van der Waals surface area (Å²) in [6, 6.07) is 14.7. The molecule has 114 valence electrons. The lowest BCUT2D eigenvalue weighted by molar-refractivity contribution is -0.384. The Morgan fingerprint density at radius 3 is 2.65 bits per heavy atom. The topological polar surface area (TPSA) is 96.0 Å². The molecular formula is C17H13N3O3. The van der Waals surface area contributed by atoms with Gasteiger partial charge in [-0.05, 0) is 36.3 Å². The first kappa shape index (κ1) is 15.9. The Hall–Kier alpha value is -3.46. The third-order valence-electron chi connectivity index (χ3n) is 3.03. The molecular weight excluding hydrogens is 294 g/mol. The Kier molecular flexibility index (Phi) is 4.85. The van der Waals surface area contributed by atoms with E-state index in [0.717, 1.165) is 5.56 Å². The lowest BCUT2D eigenvalue weighted by atomic mass is 10.1. The molecule has 0 unspecified atom stereocenters. The molecule has 0 heterocycles. The minimum atomic E-state index is -0.565. The maximum Gasteiger partial charge on any atom is 0.270 e. The Morgan fingerprint density at radius 2 is 2.00 bits per heavy atom. The zero-order chi connectivity index (χ0) is 16.8. The number of hydrogen-bond acceptors (Lipinski definition) is 4. The van der Waals surface area contributed by atoms with Crippen LogP contribution in [0.5, 0.6) is 0 Å². The number of nitrogens with zero attached hydrogens (tertiary/aromatic N) is 2. The van der Waals surface area contributed by atoms with Crippen LogP contribution in [0.4, 0.5) is 11.4 Å². The molecule has 0 spiro atoms. The van der Waals surface area contributed by atoms with Gasteiger partial charge in [0.25, 0.3) is 11.6 Å². The summed E-state index contributed by atoms with van der Waals surface area (Å²) >= 11 is 0. The zero-order valence-corrected chi connectivity index (χ0v) is 12.3. The molecule has 0 aliphatic rings. The molecule has 6 heteroatoms. The van der Waals surface area contributed by atoms with Crippen LogP contribution < -0.4 is 5.32 Å². The van der Waals surface area contributed by atoms with E-state index in [1.54, 1.807) is 24.3 Å². The first-order valence-corrected chi connectivity index (χ1v) is 6.74. The average molecular weight is 307 g/mol. The van der Waals surface area contributed by atoms with Crippen LogP contribution in [0.3, 0.4) is 0 Å². The molecule has 0 bridgehead atoms. The Morgan fingerprint density at radius 1 is 1.26 bits per heavy atom. The van der Waals surface area contributed by atoms with Gasteiger partial charge in [-0.3, -0.25) is 14.9 Å². The summed E-state index contributed by atoms with van der Waals surface area (Å²) in [4.78, 5) is 22.4. The molecule has 0 saturated carbocycles. The van der Waals surface area contributed by atoms with Crippen molar-refractivity contribution in [3.8, 4) is 6.07 Å². The summed E-state index contributed by atoms with van der Waals surface area (Å²) in [5, 5.41) is 22.5. The van der Waals surface area contributed by atoms with Crippen molar-refractivity contribution in [1.29, 1.82) is 5.26 Å². The molecule has 2 rings (SSSR count). The molecule has 0 aromatic heterocycles. The molecule has 0 fully saturated rings. The van der Waals surface area contributed by atoms with E-state index >= 15 is 0 Å². The molecule has 1 amide bonds. The second-order valence-corrected chi connectivity index (χ2v) is 4.85. The van der Waals surface area contributed by atoms with Crippen LogP contribution in [0.15, 0.2) is 54.1 Å². The molecule has 1 N–H and O–H groups in total. The fourth-order valence-corrected chi connectivity index (χ4v) is 1.96. The normalized spacial score (nSPS) is 10.7. The van der Waals surface area contributed by atoms with Gasteiger partial charge in [-0.2, -0.15) is 5.26 Å². The number of nitro groups is 1. The number of nitro benzene ring substituents is 1. The average Bonchev–Trinajstić information content (AvgIpc) is 2.52. The number of aryl methyl sites for hydroxylation is 1. The standard InChI is InChI=1S/C17H13N3O3/c1-12-4-2-6-15(8-12)19-17(21)14(11-18)9-13-5-3-7-16(10-13)20(22)23/h2-10H,1H3,(H,19,21)/b14-9+. The monoisotopic (exact) mass is 307 g/mol. The highest BCUT2D eigenvalue weighted by atomic mass is 16.6. The van der Waals surface area contributed by atoms with Gasteiger partial charge in [0, 0.05) is 17.8 Å². The van der Waals surface area contributed by atoms with Crippen molar-refractivity contribution < 1.29 is 9.72 Å². The number of anilines is 1. The van der Waals surface area contributed by atoms with Gasteiger partial charge in [-0.1, -0.05) is 24.3 Å². The minimum Gasteiger partial charge on any atom is -0.321 e. The summed E-state index contributed by atoms with van der Waals surface area (Å²) in [5.41, 5.74) is 1.73. The SMILES string of the molecule is Cc1cccc(NC(=O)/C(C#N)=C/c2cccc([N+](=O)[O-])c2)c1. The number of rotatable bonds is 4. The largest absolute Gasteiger partial charge is 0.321 e. The second kappa shape index (κ2) is 7.00. The van der Waals surface area contributed by atoms with Gasteiger partial charge in [0.15, 0.2) is 0 Å². The van der Waals surface area contributed by atoms with Crippen LogP contribution in [-0.2, 0) is 4.79 Å². The minimum absolute atomic E-state index is 0.102. The van der Waals surface area contributed by atoms with Crippen molar-refractivity contribution in [2.75, 3.05) is 5.32 Å². The Balaban J connectivity index is 2.25. The number of non-ortho nitro benzene ring substituents is 1. The Bertz CT molecular complexity index is 835. The van der Waals surface area contributed by atoms with Crippen molar-refractivity contribution in [3.05, 3.63) is 75.3 Å². The number of benzene rings is 2. The number of nitrogens with one attached hydrogen (secondary N) is 1. The van der Waals surface area contributed by atoms with Crippen LogP contribution >= 0.6 is 0 Å². The van der Waals surface area contributed by atoms with E-state index < -0.39 is 10.8 Å². The van der Waals surface area contributed by atoms with Gasteiger partial charge >= 0.3 is 0 Å². The molecule has 0 aliphatic heterocycles. The first-order valence-electron chi connectivity index (χ1n) is 6.74. The van der Waals surface area contributed by atoms with Crippen molar-refractivity contribution in [2.24, 2.45) is 0 Å². The third-order valence-corrected chi connectivity index (χ3v) is 3.03. The first-order chi connectivity index (χ1) is 11.0. The van der Waals surface area contributed by atoms with Crippen LogP contribution in [0.2, 0.25) is 0 Å². The maximum atomic E-state index is 12.1. The van der Waals surface area contributed by atoms with Gasteiger partial charge in [0.2, 0.25) is 0 Å². The molecule has 0 radical (unpaired) electrons. The summed E-state index contributed by atoms with van der Waals surface area (Å²) in [7, 11) is 0. The summed E-state index contributed by atoms with van der Waals surface area (Å²) in [6.07, 6.45) is 1.32. The zero-order valence-electron chi connectivity index (χ0n) is 12.3. The molecule has 0 saturated heterocycles. The molecule has 2 aromatic rings. The molecule has 6 nitrogen and oxygen atoms in total. The fourth-order valence-electron chi connectivity index (χ4n) is 1.96. The maximum absolute atomic E-state index is 12.1. The fraction of sp³-hybridized carbons (Fsp3) is 0.0588. The van der Waals surface area contributed by atoms with E-state index in [4.69, 9.17) is 5.26 Å². The van der Waals surface area contributed by atoms with Crippen LogP contribution in [-0.4, -0.2) is 10.8 Å². The van der Waals surface area contributed by atoms with Gasteiger partial charge < -0.3 is 5.32 Å². The van der Waals surface area contributed by atoms with Crippen molar-refractivity contribution in [2.45, 2.75) is 6.92 Å². The van der Waals surface area contributed by atoms with Crippen LogP contribution in [0, 0.1) is 28.4 Å². The molecule has 23 heavy (non-hydrogen) atoms. The van der Waals surface area contributed by atoms with Crippen LogP contribution in [0.1, 0.15) is 11.1 Å². The van der Waals surface area contributed by atoms with E-state index in [0.29, 0.717) is 11.3 Å². The van der Waals surface area contributed by atoms with E-state index in [2.05, 4.69) is 5.32 Å². The Labute approximate surface area is 132 Å². The number of carbonyl (C=O) groups excluding carboxylic acids is 1. The highest BCUT2D eigenvalue weighted by Crippen LogP contribution is 2.17. The highest BCUT2D eigenvalue weighted by Gasteiger charge is 2.11. The van der Waals surface area contributed by atoms with E-state index in [9.17, 15) is 14.9 Å². The van der Waals surface area contributed by atoms with E-state index in [1.807, 2.05) is 19.1 Å². The lowest BCUT2D eigenvalue weighted by Crippen LogP contribution is -2.13. The van der Waals surface area contributed by atoms with Gasteiger partial charge in [-0.15, -0.1) is 0 Å². The smallest absolute Gasteiger partial charge is 0.270 e. The molecule has 0 atom stereocenters. The number of carbonyl (C=O) groups is 1. The quantitative estimate of drug-likeness (QED) is 0.405. The van der Waals surface area contributed by atoms with E-state index in [1.165, 1.54) is 24.3 Å². The predicted octanol–water partition coefficient (Wildman–Crippen LogP) is 3.45. The number of amides is 1. The number of hydrogen-bond donors (Lipinski definition) is 1. The summed E-state index contributed by atoms with van der Waals surface area (Å²) < 4.78 is 0. The summed E-state index contributed by atoms with van der Waals surface area (Å²) in [5.74, 6) is -0.565. The highest BCUT2D eigenvalue weighted by molar-refractivity contribution is 6.09. The van der Waals surface area contributed by atoms with Crippen molar-refractivity contribution in [3.63, 3.8) is 0 Å². The molecule has 0 aliphatic carbocycles. The second-order valence-electron chi connectivity index (χ2n) is 4.85. The molecule has 2 aromatic carbocycles. The van der Waals surface area contributed by atoms with Gasteiger partial charge in [0.05, 0.1) is 4.92 Å². The lowest BCUT2D eigenvalue weighted by Gasteiger charge is -2.05. The third kappa shape index (κ3) is 4.25. The van der Waals surface area contributed by atoms with Gasteiger partial charge in [0.1, 0.15) is 11.6 Å². The van der Waals surface area contributed by atoms with Crippen molar-refractivity contribution >= 4 is 23.4 Å². The van der Waals surface area contributed by atoms with Gasteiger partial charge in [-0.25, -0.2) is 0 Å². The number of nitriles is 1. The summed E-state index contributed by atoms with van der Waals surface area (Å²) in [6.45, 7) is 1.89. The predicted molar refractivity (Wildman–Crippen MR) is 86.5 cm³/mol. The van der Waals surface area contributed by atoms with Crippen molar-refractivity contribution in [1.82, 2.24) is 0 Å².